The van der Waals surface area contributed by atoms with E-state index >= 15 is 0 Å². The number of ether oxygens (including phenoxy) is 1. The summed E-state index contributed by atoms with van der Waals surface area (Å²) in [7, 11) is 1.37. The normalized spacial score (nSPS) is 25.8. The number of amides is 1. The first kappa shape index (κ1) is 17.0. The van der Waals surface area contributed by atoms with E-state index in [0.717, 1.165) is 25.9 Å². The van der Waals surface area contributed by atoms with Crippen LogP contribution >= 0.6 is 0 Å². The number of hydrogen-bond donors (Lipinski definition) is 1. The molecule has 1 aliphatic carbocycles. The fourth-order valence-corrected chi connectivity index (χ4v) is 3.58. The maximum atomic E-state index is 12.2. The van der Waals surface area contributed by atoms with E-state index < -0.39 is 0 Å². The molecule has 0 aromatic heterocycles. The van der Waals surface area contributed by atoms with Crippen molar-refractivity contribution in [1.29, 1.82) is 0 Å². The molecule has 0 unspecified atom stereocenters. The highest BCUT2D eigenvalue weighted by molar-refractivity contribution is 5.90. The van der Waals surface area contributed by atoms with E-state index in [1.165, 1.54) is 12.7 Å². The summed E-state index contributed by atoms with van der Waals surface area (Å²) in [5.41, 5.74) is 1.33. The topological polar surface area (TPSA) is 58.6 Å². The van der Waals surface area contributed by atoms with Crippen molar-refractivity contribution in [3.05, 3.63) is 35.9 Å². The number of piperidine rings is 1. The molecule has 0 radical (unpaired) electrons. The lowest BCUT2D eigenvalue weighted by Crippen LogP contribution is -2.45. The largest absolute Gasteiger partial charge is 0.469 e. The average Bonchev–Trinajstić information content (AvgIpc) is 3.43. The third-order valence-corrected chi connectivity index (χ3v) is 5.34. The quantitative estimate of drug-likeness (QED) is 0.841. The van der Waals surface area contributed by atoms with Gasteiger partial charge in [-0.25, -0.2) is 0 Å². The molecule has 1 amide bonds. The lowest BCUT2D eigenvalue weighted by molar-refractivity contribution is -0.143. The molecule has 24 heavy (non-hydrogen) atoms. The molecule has 1 aromatic rings. The molecule has 1 saturated heterocycles. The standard InChI is InChI=1S/C19H26N2O3/c1-13(14-6-4-3-5-7-14)21-10-8-15(9-11-21)20-18(22)16-12-17(16)19(23)24-2/h3-7,13,15-17H,8-12H2,1-2H3,(H,20,22)/t13-,16-,17-/m1/s1. The predicted octanol–water partition coefficient (Wildman–Crippen LogP) is 2.14. The van der Waals surface area contributed by atoms with E-state index in [1.807, 2.05) is 6.07 Å². The van der Waals surface area contributed by atoms with Crippen LogP contribution in [-0.2, 0) is 14.3 Å². The number of nitrogens with one attached hydrogen (secondary N) is 1. The summed E-state index contributed by atoms with van der Waals surface area (Å²) in [6.45, 7) is 4.19. The van der Waals surface area contributed by atoms with Crippen molar-refractivity contribution < 1.29 is 14.3 Å². The number of likely N-dealkylation sites (tertiary alicyclic amines) is 1. The van der Waals surface area contributed by atoms with Gasteiger partial charge < -0.3 is 10.1 Å². The number of carbonyl (C=O) groups is 2. The molecule has 2 fully saturated rings. The van der Waals surface area contributed by atoms with Gasteiger partial charge in [0.1, 0.15) is 0 Å². The van der Waals surface area contributed by atoms with Crippen molar-refractivity contribution in [2.75, 3.05) is 20.2 Å². The molecule has 1 N–H and O–H groups in total. The summed E-state index contributed by atoms with van der Waals surface area (Å²) in [5, 5.41) is 3.12. The highest BCUT2D eigenvalue weighted by Gasteiger charge is 2.49. The SMILES string of the molecule is COC(=O)[C@@H]1C[C@H]1C(=O)NC1CCN([C@H](C)c2ccccc2)CC1. The van der Waals surface area contributed by atoms with Crippen LogP contribution in [0, 0.1) is 11.8 Å². The van der Waals surface area contributed by atoms with Crippen molar-refractivity contribution >= 4 is 11.9 Å². The van der Waals surface area contributed by atoms with Crippen molar-refractivity contribution in [2.24, 2.45) is 11.8 Å². The number of benzene rings is 1. The Morgan fingerprint density at radius 3 is 2.46 bits per heavy atom. The number of esters is 1. The molecule has 2 aliphatic rings. The van der Waals surface area contributed by atoms with Gasteiger partial charge in [-0.1, -0.05) is 30.3 Å². The molecule has 1 heterocycles. The molecule has 0 spiro atoms. The second kappa shape index (κ2) is 7.34. The summed E-state index contributed by atoms with van der Waals surface area (Å²) in [5.74, 6) is -0.659. The Hall–Kier alpha value is -1.88. The van der Waals surface area contributed by atoms with Gasteiger partial charge in [-0.05, 0) is 31.7 Å². The van der Waals surface area contributed by atoms with Crippen molar-refractivity contribution in [2.45, 2.75) is 38.3 Å². The molecule has 3 atom stereocenters. The van der Waals surface area contributed by atoms with Crippen molar-refractivity contribution in [1.82, 2.24) is 10.2 Å². The van der Waals surface area contributed by atoms with E-state index in [4.69, 9.17) is 4.74 Å². The lowest BCUT2D eigenvalue weighted by atomic mass is 10.00. The van der Waals surface area contributed by atoms with Gasteiger partial charge in [-0.3, -0.25) is 14.5 Å². The molecule has 130 valence electrons. The van der Waals surface area contributed by atoms with Gasteiger partial charge >= 0.3 is 5.97 Å². The molecule has 1 saturated carbocycles. The maximum Gasteiger partial charge on any atom is 0.309 e. The molecule has 0 bridgehead atoms. The lowest BCUT2D eigenvalue weighted by Gasteiger charge is -2.36. The number of rotatable bonds is 5. The zero-order valence-corrected chi connectivity index (χ0v) is 14.4. The first-order valence-corrected chi connectivity index (χ1v) is 8.77. The van der Waals surface area contributed by atoms with Gasteiger partial charge in [0.05, 0.1) is 18.9 Å². The minimum atomic E-state index is -0.262. The number of hydrogen-bond acceptors (Lipinski definition) is 4. The second-order valence-electron chi connectivity index (χ2n) is 6.88. The van der Waals surface area contributed by atoms with Crippen LogP contribution in [0.3, 0.4) is 0 Å². The Morgan fingerprint density at radius 1 is 1.17 bits per heavy atom. The number of carbonyl (C=O) groups excluding carboxylic acids is 2. The second-order valence-corrected chi connectivity index (χ2v) is 6.88. The highest BCUT2D eigenvalue weighted by atomic mass is 16.5. The molecular weight excluding hydrogens is 304 g/mol. The molecule has 5 heteroatoms. The zero-order chi connectivity index (χ0) is 17.1. The first-order valence-electron chi connectivity index (χ1n) is 8.77. The third kappa shape index (κ3) is 3.78. The predicted molar refractivity (Wildman–Crippen MR) is 91.2 cm³/mol. The summed E-state index contributed by atoms with van der Waals surface area (Å²) >= 11 is 0. The zero-order valence-electron chi connectivity index (χ0n) is 14.4. The van der Waals surface area contributed by atoms with Crippen molar-refractivity contribution in [3.8, 4) is 0 Å². The average molecular weight is 330 g/mol. The van der Waals surface area contributed by atoms with Crippen LogP contribution in [0.25, 0.3) is 0 Å². The Morgan fingerprint density at radius 2 is 1.83 bits per heavy atom. The molecule has 1 aliphatic heterocycles. The Bertz CT molecular complexity index is 582. The van der Waals surface area contributed by atoms with Crippen LogP contribution in [-0.4, -0.2) is 43.0 Å². The van der Waals surface area contributed by atoms with E-state index in [0.29, 0.717) is 12.5 Å². The summed E-state index contributed by atoms with van der Waals surface area (Å²) in [4.78, 5) is 26.1. The van der Waals surface area contributed by atoms with Crippen LogP contribution in [0.2, 0.25) is 0 Å². The van der Waals surface area contributed by atoms with Gasteiger partial charge in [0, 0.05) is 25.2 Å². The van der Waals surface area contributed by atoms with Gasteiger partial charge in [0.25, 0.3) is 0 Å². The Balaban J connectivity index is 1.44. The summed E-state index contributed by atoms with van der Waals surface area (Å²) in [6, 6.07) is 11.1. The minimum Gasteiger partial charge on any atom is -0.469 e. The first-order chi connectivity index (χ1) is 11.6. The van der Waals surface area contributed by atoms with Crippen LogP contribution in [0.1, 0.15) is 37.8 Å². The van der Waals surface area contributed by atoms with E-state index in [-0.39, 0.29) is 29.8 Å². The maximum absolute atomic E-state index is 12.2. The van der Waals surface area contributed by atoms with Gasteiger partial charge in [-0.2, -0.15) is 0 Å². The summed E-state index contributed by atoms with van der Waals surface area (Å²) < 4.78 is 4.70. The smallest absolute Gasteiger partial charge is 0.309 e. The van der Waals surface area contributed by atoms with Crippen LogP contribution in [0.15, 0.2) is 30.3 Å². The van der Waals surface area contributed by atoms with Crippen molar-refractivity contribution in [3.63, 3.8) is 0 Å². The monoisotopic (exact) mass is 330 g/mol. The number of nitrogens with zero attached hydrogens (tertiary/aromatic N) is 1. The van der Waals surface area contributed by atoms with E-state index in [9.17, 15) is 9.59 Å². The minimum absolute atomic E-state index is 0.0138. The Kier molecular flexibility index (Phi) is 5.19. The fraction of sp³-hybridized carbons (Fsp3) is 0.579. The molecule has 5 nitrogen and oxygen atoms in total. The summed E-state index contributed by atoms with van der Waals surface area (Å²) in [6.07, 6.45) is 2.54. The van der Waals surface area contributed by atoms with E-state index in [1.54, 1.807) is 0 Å². The van der Waals surface area contributed by atoms with Crippen LogP contribution < -0.4 is 5.32 Å². The van der Waals surface area contributed by atoms with E-state index in [2.05, 4.69) is 41.4 Å². The highest BCUT2D eigenvalue weighted by Crippen LogP contribution is 2.39. The number of methoxy groups -OCH3 is 1. The van der Waals surface area contributed by atoms with Gasteiger partial charge in [0.2, 0.25) is 5.91 Å². The molecule has 3 rings (SSSR count). The van der Waals surface area contributed by atoms with Crippen LogP contribution in [0.4, 0.5) is 0 Å². The molecular formula is C19H26N2O3. The van der Waals surface area contributed by atoms with Gasteiger partial charge in [-0.15, -0.1) is 0 Å². The third-order valence-electron chi connectivity index (χ3n) is 5.34. The van der Waals surface area contributed by atoms with Gasteiger partial charge in [0.15, 0.2) is 0 Å². The fourth-order valence-electron chi connectivity index (χ4n) is 3.58. The Labute approximate surface area is 143 Å². The molecule has 1 aromatic carbocycles. The van der Waals surface area contributed by atoms with Crippen LogP contribution in [0.5, 0.6) is 0 Å².